The molecule has 0 aliphatic carbocycles. The molecule has 8 heteroatoms. The summed E-state index contributed by atoms with van der Waals surface area (Å²) in [6, 6.07) is 23.1. The van der Waals surface area contributed by atoms with Crippen LogP contribution >= 0.6 is 23.2 Å². The molecule has 0 aliphatic rings. The lowest BCUT2D eigenvalue weighted by molar-refractivity contribution is -0.120. The molecule has 0 spiro atoms. The van der Waals surface area contributed by atoms with E-state index in [1.165, 1.54) is 25.5 Å². The Balaban J connectivity index is 1.41. The van der Waals surface area contributed by atoms with Crippen molar-refractivity contribution in [1.29, 1.82) is 0 Å². The molecule has 0 fully saturated rings. The Hall–Kier alpha value is -3.87. The van der Waals surface area contributed by atoms with Crippen molar-refractivity contribution in [1.82, 2.24) is 5.43 Å². The molecule has 0 bridgehead atoms. The van der Waals surface area contributed by atoms with E-state index in [0.717, 1.165) is 16.3 Å². The van der Waals surface area contributed by atoms with Gasteiger partial charge in [-0.3, -0.25) is 4.79 Å². The van der Waals surface area contributed by atoms with Crippen LogP contribution in [0.3, 0.4) is 0 Å². The van der Waals surface area contributed by atoms with Crippen LogP contribution in [-0.4, -0.2) is 25.2 Å². The largest absolute Gasteiger partial charge is 0.493 e. The number of fused-ring (bicyclic) bond motifs is 1. The SMILES string of the molecule is COc1cc(C=NNC(=O)Cc2cccc3ccccc23)ccc1OC(=O)c1ccc(Cl)cc1Cl. The van der Waals surface area contributed by atoms with Gasteiger partial charge < -0.3 is 9.47 Å². The van der Waals surface area contributed by atoms with Gasteiger partial charge in [0.15, 0.2) is 11.5 Å². The first-order chi connectivity index (χ1) is 16.9. The van der Waals surface area contributed by atoms with Crippen LogP contribution in [0.5, 0.6) is 11.5 Å². The third-order valence-corrected chi connectivity index (χ3v) is 5.72. The second-order valence-corrected chi connectivity index (χ2v) is 8.38. The van der Waals surface area contributed by atoms with Crippen molar-refractivity contribution in [2.45, 2.75) is 6.42 Å². The van der Waals surface area contributed by atoms with E-state index in [2.05, 4.69) is 10.5 Å². The van der Waals surface area contributed by atoms with Crippen molar-refractivity contribution in [2.24, 2.45) is 5.10 Å². The topological polar surface area (TPSA) is 77.0 Å². The maximum absolute atomic E-state index is 12.5. The number of hydrazone groups is 1. The molecule has 4 aromatic carbocycles. The number of nitrogens with one attached hydrogen (secondary N) is 1. The number of carbonyl (C=O) groups is 2. The molecule has 0 aliphatic heterocycles. The van der Waals surface area contributed by atoms with Crippen molar-refractivity contribution in [3.63, 3.8) is 0 Å². The summed E-state index contributed by atoms with van der Waals surface area (Å²) in [5.74, 6) is -0.364. The Morgan fingerprint density at radius 3 is 2.54 bits per heavy atom. The summed E-state index contributed by atoms with van der Waals surface area (Å²) < 4.78 is 10.8. The number of esters is 1. The summed E-state index contributed by atoms with van der Waals surface area (Å²) in [6.45, 7) is 0. The average Bonchev–Trinajstić information content (AvgIpc) is 2.85. The van der Waals surface area contributed by atoms with Crippen molar-refractivity contribution < 1.29 is 19.1 Å². The lowest BCUT2D eigenvalue weighted by Gasteiger charge is -2.10. The average molecular weight is 507 g/mol. The Kier molecular flexibility index (Phi) is 7.65. The number of methoxy groups -OCH3 is 1. The van der Waals surface area contributed by atoms with Crippen LogP contribution in [0.2, 0.25) is 10.0 Å². The van der Waals surface area contributed by atoms with Crippen LogP contribution in [-0.2, 0) is 11.2 Å². The van der Waals surface area contributed by atoms with Crippen LogP contribution in [0.4, 0.5) is 0 Å². The van der Waals surface area contributed by atoms with E-state index in [9.17, 15) is 9.59 Å². The minimum absolute atomic E-state index is 0.178. The Labute approximate surface area is 212 Å². The number of rotatable bonds is 7. The number of benzene rings is 4. The van der Waals surface area contributed by atoms with E-state index < -0.39 is 5.97 Å². The summed E-state index contributed by atoms with van der Waals surface area (Å²) in [7, 11) is 1.45. The smallest absolute Gasteiger partial charge is 0.345 e. The van der Waals surface area contributed by atoms with Gasteiger partial charge in [-0.2, -0.15) is 5.10 Å². The second kappa shape index (κ2) is 11.0. The molecule has 0 saturated carbocycles. The predicted molar refractivity (Wildman–Crippen MR) is 138 cm³/mol. The fraction of sp³-hybridized carbons (Fsp3) is 0.0741. The first kappa shape index (κ1) is 24.3. The van der Waals surface area contributed by atoms with Gasteiger partial charge in [-0.1, -0.05) is 65.7 Å². The fourth-order valence-corrected chi connectivity index (χ4v) is 3.98. The molecule has 1 amide bonds. The molecule has 4 rings (SSSR count). The number of hydrogen-bond donors (Lipinski definition) is 1. The zero-order chi connectivity index (χ0) is 24.8. The van der Waals surface area contributed by atoms with Gasteiger partial charge in [0.25, 0.3) is 0 Å². The maximum atomic E-state index is 12.5. The van der Waals surface area contributed by atoms with Crippen LogP contribution < -0.4 is 14.9 Å². The van der Waals surface area contributed by atoms with Crippen molar-refractivity contribution in [2.75, 3.05) is 7.11 Å². The lowest BCUT2D eigenvalue weighted by Crippen LogP contribution is -2.19. The van der Waals surface area contributed by atoms with Crippen LogP contribution in [0.25, 0.3) is 10.8 Å². The standard InChI is InChI=1S/C27H20Cl2N2O4/c1-34-25-13-17(9-12-24(25)35-27(33)22-11-10-20(28)15-23(22)29)16-30-31-26(32)14-19-7-4-6-18-5-2-3-8-21(18)19/h2-13,15-16H,14H2,1H3,(H,31,32). The van der Waals surface area contributed by atoms with E-state index in [0.29, 0.717) is 16.3 Å². The van der Waals surface area contributed by atoms with Gasteiger partial charge in [-0.05, 0) is 58.3 Å². The molecular formula is C27H20Cl2N2O4. The number of amides is 1. The number of carbonyl (C=O) groups excluding carboxylic acids is 2. The monoisotopic (exact) mass is 506 g/mol. The second-order valence-electron chi connectivity index (χ2n) is 7.53. The molecule has 0 radical (unpaired) electrons. The minimum Gasteiger partial charge on any atom is -0.493 e. The van der Waals surface area contributed by atoms with Crippen LogP contribution in [0, 0.1) is 0 Å². The van der Waals surface area contributed by atoms with Crippen molar-refractivity contribution in [3.05, 3.63) is 106 Å². The summed E-state index contributed by atoms with van der Waals surface area (Å²) >= 11 is 12.0. The predicted octanol–water partition coefficient (Wildman–Crippen LogP) is 6.07. The molecule has 0 aromatic heterocycles. The molecular weight excluding hydrogens is 487 g/mol. The third-order valence-electron chi connectivity index (χ3n) is 5.18. The highest BCUT2D eigenvalue weighted by molar-refractivity contribution is 6.36. The van der Waals surface area contributed by atoms with Gasteiger partial charge in [0.05, 0.1) is 30.3 Å². The van der Waals surface area contributed by atoms with Gasteiger partial charge in [-0.25, -0.2) is 10.2 Å². The van der Waals surface area contributed by atoms with Gasteiger partial charge in [0, 0.05) is 5.02 Å². The quantitative estimate of drug-likeness (QED) is 0.143. The number of ether oxygens (including phenoxy) is 2. The molecule has 0 unspecified atom stereocenters. The van der Waals surface area contributed by atoms with E-state index in [1.807, 2.05) is 42.5 Å². The van der Waals surface area contributed by atoms with E-state index in [-0.39, 0.29) is 28.7 Å². The molecule has 35 heavy (non-hydrogen) atoms. The first-order valence-electron chi connectivity index (χ1n) is 10.6. The highest BCUT2D eigenvalue weighted by atomic mass is 35.5. The number of nitrogens with zero attached hydrogens (tertiary/aromatic N) is 1. The Morgan fingerprint density at radius 1 is 0.943 bits per heavy atom. The van der Waals surface area contributed by atoms with E-state index in [4.69, 9.17) is 32.7 Å². The number of hydrogen-bond acceptors (Lipinski definition) is 5. The number of halogens is 2. The van der Waals surface area contributed by atoms with Gasteiger partial charge in [0.2, 0.25) is 5.91 Å². The molecule has 0 heterocycles. The van der Waals surface area contributed by atoms with Gasteiger partial charge >= 0.3 is 5.97 Å². The zero-order valence-electron chi connectivity index (χ0n) is 18.6. The minimum atomic E-state index is -0.646. The van der Waals surface area contributed by atoms with E-state index >= 15 is 0 Å². The summed E-state index contributed by atoms with van der Waals surface area (Å²) in [5, 5.41) is 6.74. The lowest BCUT2D eigenvalue weighted by atomic mass is 10.0. The highest BCUT2D eigenvalue weighted by Crippen LogP contribution is 2.30. The summed E-state index contributed by atoms with van der Waals surface area (Å²) in [6.07, 6.45) is 1.68. The summed E-state index contributed by atoms with van der Waals surface area (Å²) in [5.41, 5.74) is 4.27. The summed E-state index contributed by atoms with van der Waals surface area (Å²) in [4.78, 5) is 24.9. The normalized spacial score (nSPS) is 10.9. The molecule has 6 nitrogen and oxygen atoms in total. The third kappa shape index (κ3) is 5.98. The highest BCUT2D eigenvalue weighted by Gasteiger charge is 2.16. The molecule has 1 N–H and O–H groups in total. The molecule has 176 valence electrons. The van der Waals surface area contributed by atoms with Gasteiger partial charge in [-0.15, -0.1) is 0 Å². The fourth-order valence-electron chi connectivity index (χ4n) is 3.50. The molecule has 0 saturated heterocycles. The van der Waals surface area contributed by atoms with E-state index in [1.54, 1.807) is 24.3 Å². The maximum Gasteiger partial charge on any atom is 0.345 e. The van der Waals surface area contributed by atoms with Crippen LogP contribution in [0.15, 0.2) is 84.0 Å². The molecule has 0 atom stereocenters. The van der Waals surface area contributed by atoms with Crippen molar-refractivity contribution >= 4 is 52.1 Å². The Bertz CT molecular complexity index is 1430. The van der Waals surface area contributed by atoms with Crippen LogP contribution in [0.1, 0.15) is 21.5 Å². The van der Waals surface area contributed by atoms with Crippen molar-refractivity contribution in [3.8, 4) is 11.5 Å². The first-order valence-corrected chi connectivity index (χ1v) is 11.3. The molecule has 4 aromatic rings. The van der Waals surface area contributed by atoms with Gasteiger partial charge in [0.1, 0.15) is 0 Å². The Morgan fingerprint density at radius 2 is 1.74 bits per heavy atom. The zero-order valence-corrected chi connectivity index (χ0v) is 20.1.